The minimum atomic E-state index is -0.134. The number of hydrogen-bond donors (Lipinski definition) is 1. The maximum absolute atomic E-state index is 11.5. The normalized spacial score (nSPS) is 12.1. The van der Waals surface area contributed by atoms with Crippen molar-refractivity contribution >= 4 is 5.91 Å². The quantitative estimate of drug-likeness (QED) is 0.718. The molecule has 5 nitrogen and oxygen atoms in total. The number of nitrogens with zero attached hydrogens (tertiary/aromatic N) is 1. The second kappa shape index (κ2) is 7.76. The summed E-state index contributed by atoms with van der Waals surface area (Å²) >= 11 is 0. The fourth-order valence-electron chi connectivity index (χ4n) is 1.33. The zero-order chi connectivity index (χ0) is 12.5. The molecule has 0 aliphatic rings. The molecular formula is C12H18N2O3. The van der Waals surface area contributed by atoms with Gasteiger partial charge in [0.15, 0.2) is 0 Å². The van der Waals surface area contributed by atoms with Crippen LogP contribution >= 0.6 is 0 Å². The Morgan fingerprint density at radius 1 is 1.41 bits per heavy atom. The average Bonchev–Trinajstić information content (AvgIpc) is 2.36. The van der Waals surface area contributed by atoms with Gasteiger partial charge in [-0.05, 0) is 24.6 Å². The Kier molecular flexibility index (Phi) is 6.21. The molecule has 0 unspecified atom stereocenters. The van der Waals surface area contributed by atoms with Gasteiger partial charge in [-0.15, -0.1) is 0 Å². The summed E-state index contributed by atoms with van der Waals surface area (Å²) in [5.41, 5.74) is 1.02. The molecule has 0 bridgehead atoms. The summed E-state index contributed by atoms with van der Waals surface area (Å²) in [6.07, 6.45) is 3.40. The lowest BCUT2D eigenvalue weighted by atomic mass is 10.1. The highest BCUT2D eigenvalue weighted by Gasteiger charge is 2.08. The van der Waals surface area contributed by atoms with Gasteiger partial charge in [0.05, 0.1) is 19.3 Å². The van der Waals surface area contributed by atoms with Crippen molar-refractivity contribution < 1.29 is 14.3 Å². The summed E-state index contributed by atoms with van der Waals surface area (Å²) in [5.74, 6) is -0.134. The van der Waals surface area contributed by atoms with E-state index in [0.717, 1.165) is 5.56 Å². The zero-order valence-electron chi connectivity index (χ0n) is 10.2. The van der Waals surface area contributed by atoms with Gasteiger partial charge in [0.25, 0.3) is 0 Å². The molecule has 17 heavy (non-hydrogen) atoms. The highest BCUT2D eigenvalue weighted by molar-refractivity contribution is 5.77. The lowest BCUT2D eigenvalue weighted by Crippen LogP contribution is -2.30. The van der Waals surface area contributed by atoms with E-state index < -0.39 is 0 Å². The van der Waals surface area contributed by atoms with Crippen LogP contribution in [0.3, 0.4) is 0 Å². The Bertz CT molecular complexity index is 330. The second-order valence-electron chi connectivity index (χ2n) is 3.62. The molecule has 0 fully saturated rings. The maximum atomic E-state index is 11.5. The van der Waals surface area contributed by atoms with Crippen LogP contribution < -0.4 is 5.32 Å². The fraction of sp³-hybridized carbons (Fsp3) is 0.500. The van der Waals surface area contributed by atoms with E-state index in [1.165, 1.54) is 0 Å². The largest absolute Gasteiger partial charge is 0.382 e. The SMILES string of the molecule is COCCOCC(=O)N[C@@H](C)c1ccncc1. The Balaban J connectivity index is 2.26. The smallest absolute Gasteiger partial charge is 0.246 e. The Morgan fingerprint density at radius 3 is 2.76 bits per heavy atom. The minimum absolute atomic E-state index is 0.0449. The molecule has 1 rings (SSSR count). The van der Waals surface area contributed by atoms with E-state index in [9.17, 15) is 4.79 Å². The van der Waals surface area contributed by atoms with Crippen molar-refractivity contribution in [3.8, 4) is 0 Å². The van der Waals surface area contributed by atoms with Crippen molar-refractivity contribution in [2.45, 2.75) is 13.0 Å². The molecule has 0 aliphatic heterocycles. The van der Waals surface area contributed by atoms with Crippen LogP contribution in [-0.2, 0) is 14.3 Å². The number of carbonyl (C=O) groups is 1. The number of carbonyl (C=O) groups excluding carboxylic acids is 1. The Hall–Kier alpha value is -1.46. The van der Waals surface area contributed by atoms with Crippen LogP contribution in [0.1, 0.15) is 18.5 Å². The van der Waals surface area contributed by atoms with Crippen molar-refractivity contribution in [1.82, 2.24) is 10.3 Å². The topological polar surface area (TPSA) is 60.5 Å². The van der Waals surface area contributed by atoms with Crippen LogP contribution in [0.15, 0.2) is 24.5 Å². The highest BCUT2D eigenvalue weighted by atomic mass is 16.5. The number of ether oxygens (including phenoxy) is 2. The van der Waals surface area contributed by atoms with Gasteiger partial charge < -0.3 is 14.8 Å². The fourth-order valence-corrected chi connectivity index (χ4v) is 1.33. The molecule has 1 N–H and O–H groups in total. The first-order chi connectivity index (χ1) is 8.24. The zero-order valence-corrected chi connectivity index (χ0v) is 10.2. The van der Waals surface area contributed by atoms with Gasteiger partial charge >= 0.3 is 0 Å². The summed E-state index contributed by atoms with van der Waals surface area (Å²) < 4.78 is 9.93. The number of amides is 1. The number of rotatable bonds is 7. The van der Waals surface area contributed by atoms with E-state index in [-0.39, 0.29) is 18.6 Å². The van der Waals surface area contributed by atoms with Gasteiger partial charge in [-0.2, -0.15) is 0 Å². The Labute approximate surface area is 101 Å². The van der Waals surface area contributed by atoms with Gasteiger partial charge in [-0.3, -0.25) is 9.78 Å². The summed E-state index contributed by atoms with van der Waals surface area (Å²) in [6, 6.07) is 3.70. The number of nitrogens with one attached hydrogen (secondary N) is 1. The molecule has 1 aromatic rings. The van der Waals surface area contributed by atoms with E-state index in [1.54, 1.807) is 19.5 Å². The van der Waals surface area contributed by atoms with Gasteiger partial charge in [-0.25, -0.2) is 0 Å². The number of pyridine rings is 1. The summed E-state index contributed by atoms with van der Waals surface area (Å²) in [5, 5.41) is 2.84. The maximum Gasteiger partial charge on any atom is 0.246 e. The molecule has 1 heterocycles. The van der Waals surface area contributed by atoms with Gasteiger partial charge in [0, 0.05) is 19.5 Å². The third kappa shape index (κ3) is 5.42. The third-order valence-corrected chi connectivity index (χ3v) is 2.25. The molecule has 94 valence electrons. The lowest BCUT2D eigenvalue weighted by Gasteiger charge is -2.14. The first-order valence-corrected chi connectivity index (χ1v) is 5.50. The minimum Gasteiger partial charge on any atom is -0.382 e. The number of methoxy groups -OCH3 is 1. The predicted octanol–water partition coefficient (Wildman–Crippen LogP) is 0.922. The molecule has 0 aromatic carbocycles. The molecule has 0 aliphatic carbocycles. The van der Waals surface area contributed by atoms with Gasteiger partial charge in [0.2, 0.25) is 5.91 Å². The second-order valence-corrected chi connectivity index (χ2v) is 3.62. The molecule has 0 radical (unpaired) electrons. The van der Waals surface area contributed by atoms with Crippen LogP contribution in [0.5, 0.6) is 0 Å². The lowest BCUT2D eigenvalue weighted by molar-refractivity contribution is -0.126. The molecule has 0 saturated heterocycles. The molecule has 1 atom stereocenters. The average molecular weight is 238 g/mol. The predicted molar refractivity (Wildman–Crippen MR) is 63.5 cm³/mol. The van der Waals surface area contributed by atoms with Crippen molar-refractivity contribution in [1.29, 1.82) is 0 Å². The van der Waals surface area contributed by atoms with Gasteiger partial charge in [0.1, 0.15) is 6.61 Å². The summed E-state index contributed by atoms with van der Waals surface area (Å²) in [4.78, 5) is 15.4. The first kappa shape index (κ1) is 13.6. The Morgan fingerprint density at radius 2 is 2.12 bits per heavy atom. The van der Waals surface area contributed by atoms with E-state index in [0.29, 0.717) is 13.2 Å². The third-order valence-electron chi connectivity index (χ3n) is 2.25. The first-order valence-electron chi connectivity index (χ1n) is 5.50. The van der Waals surface area contributed by atoms with Crippen LogP contribution in [-0.4, -0.2) is 37.8 Å². The monoisotopic (exact) mass is 238 g/mol. The molecule has 1 amide bonds. The van der Waals surface area contributed by atoms with E-state index in [1.807, 2.05) is 19.1 Å². The van der Waals surface area contributed by atoms with Gasteiger partial charge in [-0.1, -0.05) is 0 Å². The molecule has 0 spiro atoms. The number of hydrogen-bond acceptors (Lipinski definition) is 4. The molecule has 1 aromatic heterocycles. The highest BCUT2D eigenvalue weighted by Crippen LogP contribution is 2.09. The molecule has 5 heteroatoms. The van der Waals surface area contributed by atoms with Crippen molar-refractivity contribution in [3.63, 3.8) is 0 Å². The van der Waals surface area contributed by atoms with Crippen LogP contribution in [0.4, 0.5) is 0 Å². The van der Waals surface area contributed by atoms with Crippen LogP contribution in [0.25, 0.3) is 0 Å². The summed E-state index contributed by atoms with van der Waals surface area (Å²) in [7, 11) is 1.59. The van der Waals surface area contributed by atoms with Crippen molar-refractivity contribution in [2.24, 2.45) is 0 Å². The number of aromatic nitrogens is 1. The standard InChI is InChI=1S/C12H18N2O3/c1-10(11-3-5-13-6-4-11)14-12(15)9-17-8-7-16-2/h3-6,10H,7-9H2,1-2H3,(H,14,15)/t10-/m0/s1. The van der Waals surface area contributed by atoms with Crippen molar-refractivity contribution in [2.75, 3.05) is 26.9 Å². The van der Waals surface area contributed by atoms with E-state index in [4.69, 9.17) is 9.47 Å². The van der Waals surface area contributed by atoms with Crippen LogP contribution in [0, 0.1) is 0 Å². The summed E-state index contributed by atoms with van der Waals surface area (Å²) in [6.45, 7) is 2.89. The van der Waals surface area contributed by atoms with Crippen molar-refractivity contribution in [3.05, 3.63) is 30.1 Å². The van der Waals surface area contributed by atoms with E-state index in [2.05, 4.69) is 10.3 Å². The van der Waals surface area contributed by atoms with E-state index >= 15 is 0 Å². The molecule has 0 saturated carbocycles. The molecular weight excluding hydrogens is 220 g/mol. The van der Waals surface area contributed by atoms with Crippen LogP contribution in [0.2, 0.25) is 0 Å².